The van der Waals surface area contributed by atoms with Crippen molar-refractivity contribution in [3.8, 4) is 0 Å². The van der Waals surface area contributed by atoms with E-state index in [1.54, 1.807) is 0 Å². The van der Waals surface area contributed by atoms with Crippen LogP contribution in [-0.4, -0.2) is 6.54 Å². The third-order valence-electron chi connectivity index (χ3n) is 3.25. The van der Waals surface area contributed by atoms with E-state index in [4.69, 9.17) is 4.42 Å². The lowest BCUT2D eigenvalue weighted by Crippen LogP contribution is -2.20. The molecule has 1 saturated carbocycles. The molecule has 0 amide bonds. The molecule has 2 heteroatoms. The minimum absolute atomic E-state index is 0.418. The van der Waals surface area contributed by atoms with Gasteiger partial charge in [0.25, 0.3) is 0 Å². The van der Waals surface area contributed by atoms with Gasteiger partial charge < -0.3 is 9.73 Å². The van der Waals surface area contributed by atoms with Gasteiger partial charge in [0.05, 0.1) is 0 Å². The third kappa shape index (κ3) is 2.85. The smallest absolute Gasteiger partial charge is 0.105 e. The second-order valence-electron chi connectivity index (χ2n) is 4.78. The van der Waals surface area contributed by atoms with Crippen molar-refractivity contribution in [2.45, 2.75) is 46.1 Å². The number of rotatable bonds is 5. The second-order valence-corrected chi connectivity index (χ2v) is 4.78. The molecule has 1 fully saturated rings. The highest BCUT2D eigenvalue weighted by atomic mass is 16.3. The third-order valence-corrected chi connectivity index (χ3v) is 3.25. The first-order chi connectivity index (χ1) is 7.16. The highest BCUT2D eigenvalue weighted by molar-refractivity contribution is 5.23. The molecule has 1 aliphatic rings. The number of furan rings is 1. The van der Waals surface area contributed by atoms with Crippen LogP contribution in [0.15, 0.2) is 10.5 Å². The molecule has 0 bridgehead atoms. The van der Waals surface area contributed by atoms with E-state index in [1.165, 1.54) is 24.8 Å². The Bertz CT molecular complexity index is 325. The van der Waals surface area contributed by atoms with Crippen LogP contribution in [-0.2, 0) is 0 Å². The summed E-state index contributed by atoms with van der Waals surface area (Å²) < 4.78 is 5.54. The van der Waals surface area contributed by atoms with Crippen molar-refractivity contribution < 1.29 is 4.42 Å². The van der Waals surface area contributed by atoms with Gasteiger partial charge in [-0.15, -0.1) is 0 Å². The Balaban J connectivity index is 1.83. The van der Waals surface area contributed by atoms with E-state index in [9.17, 15) is 0 Å². The summed E-state index contributed by atoms with van der Waals surface area (Å²) in [4.78, 5) is 0. The molecule has 2 rings (SSSR count). The van der Waals surface area contributed by atoms with Gasteiger partial charge in [-0.3, -0.25) is 0 Å². The van der Waals surface area contributed by atoms with E-state index in [0.717, 1.165) is 24.0 Å². The monoisotopic (exact) mass is 207 g/mol. The van der Waals surface area contributed by atoms with Crippen LogP contribution in [0.5, 0.6) is 0 Å². The second kappa shape index (κ2) is 4.40. The standard InChI is InChI=1S/C13H21NO/c1-9-8-13(11(3)15-9)10(2)14-7-6-12-4-5-12/h8,10,12,14H,4-7H2,1-3H3. The number of aryl methyl sites for hydroxylation is 2. The highest BCUT2D eigenvalue weighted by Crippen LogP contribution is 2.32. The van der Waals surface area contributed by atoms with Crippen LogP contribution in [0.1, 0.15) is 49.3 Å². The van der Waals surface area contributed by atoms with E-state index in [0.29, 0.717) is 6.04 Å². The van der Waals surface area contributed by atoms with Gasteiger partial charge in [0.2, 0.25) is 0 Å². The summed E-state index contributed by atoms with van der Waals surface area (Å²) in [7, 11) is 0. The molecule has 1 heterocycles. The molecule has 0 aliphatic heterocycles. The maximum Gasteiger partial charge on any atom is 0.105 e. The minimum atomic E-state index is 0.418. The summed E-state index contributed by atoms with van der Waals surface area (Å²) >= 11 is 0. The van der Waals surface area contributed by atoms with Crippen molar-refractivity contribution in [3.63, 3.8) is 0 Å². The summed E-state index contributed by atoms with van der Waals surface area (Å²) in [6.07, 6.45) is 4.22. The van der Waals surface area contributed by atoms with Crippen LogP contribution in [0, 0.1) is 19.8 Å². The van der Waals surface area contributed by atoms with Crippen molar-refractivity contribution in [2.24, 2.45) is 5.92 Å². The zero-order valence-electron chi connectivity index (χ0n) is 9.97. The predicted octanol–water partition coefficient (Wildman–Crippen LogP) is 3.35. The molecule has 1 aliphatic carbocycles. The first-order valence-corrected chi connectivity index (χ1v) is 5.97. The first kappa shape index (κ1) is 10.7. The van der Waals surface area contributed by atoms with Crippen LogP contribution in [0.3, 0.4) is 0 Å². The lowest BCUT2D eigenvalue weighted by molar-refractivity contribution is 0.486. The summed E-state index contributed by atoms with van der Waals surface area (Å²) in [6, 6.07) is 2.56. The van der Waals surface area contributed by atoms with Gasteiger partial charge in [-0.25, -0.2) is 0 Å². The Kier molecular flexibility index (Phi) is 3.15. The van der Waals surface area contributed by atoms with Crippen molar-refractivity contribution in [1.82, 2.24) is 5.32 Å². The van der Waals surface area contributed by atoms with Gasteiger partial charge in [-0.2, -0.15) is 0 Å². The first-order valence-electron chi connectivity index (χ1n) is 5.97. The Labute approximate surface area is 92.1 Å². The number of hydrogen-bond donors (Lipinski definition) is 1. The molecule has 1 aromatic heterocycles. The minimum Gasteiger partial charge on any atom is -0.466 e. The molecule has 2 nitrogen and oxygen atoms in total. The Morgan fingerprint density at radius 1 is 1.47 bits per heavy atom. The largest absolute Gasteiger partial charge is 0.466 e. The quantitative estimate of drug-likeness (QED) is 0.801. The van der Waals surface area contributed by atoms with Gasteiger partial charge in [0.1, 0.15) is 11.5 Å². The van der Waals surface area contributed by atoms with Crippen molar-refractivity contribution >= 4 is 0 Å². The van der Waals surface area contributed by atoms with Gasteiger partial charge >= 0.3 is 0 Å². The van der Waals surface area contributed by atoms with E-state index in [1.807, 2.05) is 13.8 Å². The highest BCUT2D eigenvalue weighted by Gasteiger charge is 2.21. The lowest BCUT2D eigenvalue weighted by atomic mass is 10.1. The molecule has 0 saturated heterocycles. The van der Waals surface area contributed by atoms with Crippen molar-refractivity contribution in [1.29, 1.82) is 0 Å². The Morgan fingerprint density at radius 2 is 2.20 bits per heavy atom. The van der Waals surface area contributed by atoms with Gasteiger partial charge in [0, 0.05) is 11.6 Å². The van der Waals surface area contributed by atoms with E-state index in [-0.39, 0.29) is 0 Å². The van der Waals surface area contributed by atoms with Crippen molar-refractivity contribution in [3.05, 3.63) is 23.2 Å². The number of hydrogen-bond acceptors (Lipinski definition) is 2. The zero-order valence-corrected chi connectivity index (χ0v) is 9.97. The van der Waals surface area contributed by atoms with E-state index in [2.05, 4.69) is 18.3 Å². The summed E-state index contributed by atoms with van der Waals surface area (Å²) in [5.41, 5.74) is 1.31. The molecule has 0 radical (unpaired) electrons. The molecule has 1 atom stereocenters. The zero-order chi connectivity index (χ0) is 10.8. The fourth-order valence-corrected chi connectivity index (χ4v) is 2.10. The molecule has 15 heavy (non-hydrogen) atoms. The van der Waals surface area contributed by atoms with Crippen molar-refractivity contribution in [2.75, 3.05) is 6.54 Å². The summed E-state index contributed by atoms with van der Waals surface area (Å²) in [5, 5.41) is 3.56. The lowest BCUT2D eigenvalue weighted by Gasteiger charge is -2.12. The fraction of sp³-hybridized carbons (Fsp3) is 0.692. The molecular weight excluding hydrogens is 186 g/mol. The molecule has 0 aromatic carbocycles. The molecule has 0 spiro atoms. The summed E-state index contributed by atoms with van der Waals surface area (Å²) in [6.45, 7) is 7.40. The predicted molar refractivity (Wildman–Crippen MR) is 61.9 cm³/mol. The van der Waals surface area contributed by atoms with Crippen LogP contribution in [0.4, 0.5) is 0 Å². The van der Waals surface area contributed by atoms with E-state index < -0.39 is 0 Å². The fourth-order valence-electron chi connectivity index (χ4n) is 2.10. The van der Waals surface area contributed by atoms with Crippen LogP contribution in [0.2, 0.25) is 0 Å². The van der Waals surface area contributed by atoms with Crippen LogP contribution in [0.25, 0.3) is 0 Å². The maximum atomic E-state index is 5.54. The average Bonchev–Trinajstić information content (AvgIpc) is 2.92. The normalized spacial score (nSPS) is 18.1. The summed E-state index contributed by atoms with van der Waals surface area (Å²) in [5.74, 6) is 3.08. The topological polar surface area (TPSA) is 25.2 Å². The van der Waals surface area contributed by atoms with Crippen LogP contribution >= 0.6 is 0 Å². The SMILES string of the molecule is Cc1cc(C(C)NCCC2CC2)c(C)o1. The van der Waals surface area contributed by atoms with Crippen LogP contribution < -0.4 is 5.32 Å². The molecule has 1 N–H and O–H groups in total. The average molecular weight is 207 g/mol. The Hall–Kier alpha value is -0.760. The van der Waals surface area contributed by atoms with Gasteiger partial charge in [0.15, 0.2) is 0 Å². The number of nitrogens with one attached hydrogen (secondary N) is 1. The van der Waals surface area contributed by atoms with Gasteiger partial charge in [-0.1, -0.05) is 12.8 Å². The maximum absolute atomic E-state index is 5.54. The Morgan fingerprint density at radius 3 is 2.73 bits per heavy atom. The molecule has 1 aromatic rings. The molecule has 1 unspecified atom stereocenters. The van der Waals surface area contributed by atoms with Gasteiger partial charge in [-0.05, 0) is 45.7 Å². The van der Waals surface area contributed by atoms with E-state index >= 15 is 0 Å². The molecular formula is C13H21NO. The molecule has 84 valence electrons.